The molecule has 1 N–H and O–H groups in total. The molecule has 0 aliphatic carbocycles. The first kappa shape index (κ1) is 16.5. The molecule has 7 nitrogen and oxygen atoms in total. The number of carbonyl (C=O) groups is 1. The van der Waals surface area contributed by atoms with E-state index in [2.05, 4.69) is 26.2 Å². The van der Waals surface area contributed by atoms with Crippen LogP contribution >= 0.6 is 15.9 Å². The Balaban J connectivity index is 2.37. The van der Waals surface area contributed by atoms with Gasteiger partial charge in [0, 0.05) is 19.7 Å². The highest BCUT2D eigenvalue weighted by molar-refractivity contribution is 9.10. The summed E-state index contributed by atoms with van der Waals surface area (Å²) in [5.74, 6) is 0.224. The summed E-state index contributed by atoms with van der Waals surface area (Å²) in [6.45, 7) is 1.68. The Labute approximate surface area is 136 Å². The van der Waals surface area contributed by atoms with Crippen LogP contribution in [0.2, 0.25) is 0 Å². The highest BCUT2D eigenvalue weighted by Crippen LogP contribution is 2.25. The van der Waals surface area contributed by atoms with Gasteiger partial charge in [-0.05, 0) is 41.1 Å². The van der Waals surface area contributed by atoms with Crippen molar-refractivity contribution in [3.63, 3.8) is 0 Å². The number of carbonyl (C=O) groups excluding carboxylic acids is 1. The van der Waals surface area contributed by atoms with Crippen molar-refractivity contribution in [3.05, 3.63) is 40.3 Å². The smallest absolute Gasteiger partial charge is 0.359 e. The van der Waals surface area contributed by atoms with Gasteiger partial charge in [-0.3, -0.25) is 4.79 Å². The molecule has 2 aromatic rings. The van der Waals surface area contributed by atoms with E-state index in [1.165, 1.54) is 25.2 Å². The molecule has 1 aromatic carbocycles. The molecule has 0 aliphatic rings. The lowest BCUT2D eigenvalue weighted by atomic mass is 10.2. The second-order valence-electron chi connectivity index (χ2n) is 4.46. The van der Waals surface area contributed by atoms with E-state index >= 15 is 0 Å². The fraction of sp³-hybridized carbons (Fsp3) is 0.231. The van der Waals surface area contributed by atoms with Crippen molar-refractivity contribution >= 4 is 32.0 Å². The molecule has 1 amide bonds. The number of nitrogens with one attached hydrogen (secondary N) is 1. The number of aryl methyl sites for hydroxylation is 1. The van der Waals surface area contributed by atoms with Gasteiger partial charge in [-0.1, -0.05) is 6.07 Å². The first-order valence-electron chi connectivity index (χ1n) is 6.21. The monoisotopic (exact) mass is 387 g/mol. The first-order chi connectivity index (χ1) is 10.3. The van der Waals surface area contributed by atoms with E-state index in [9.17, 15) is 13.2 Å². The van der Waals surface area contributed by atoms with Gasteiger partial charge in [-0.25, -0.2) is 4.98 Å². The summed E-state index contributed by atoms with van der Waals surface area (Å²) in [5, 5.41) is 2.25. The predicted molar refractivity (Wildman–Crippen MR) is 83.3 cm³/mol. The van der Waals surface area contributed by atoms with E-state index in [0.29, 0.717) is 16.0 Å². The Morgan fingerprint density at radius 3 is 2.64 bits per heavy atom. The van der Waals surface area contributed by atoms with Crippen LogP contribution in [-0.2, 0) is 17.2 Å². The number of imidazole rings is 1. The molecule has 0 atom stereocenters. The first-order valence-corrected chi connectivity index (χ1v) is 8.42. The second-order valence-corrected chi connectivity index (χ2v) is 6.67. The normalized spacial score (nSPS) is 11.3. The minimum absolute atomic E-state index is 0.0382. The summed E-state index contributed by atoms with van der Waals surface area (Å²) in [4.78, 5) is 15.5. The number of amides is 1. The largest absolute Gasteiger partial charge is 0.378 e. The van der Waals surface area contributed by atoms with Crippen molar-refractivity contribution < 1.29 is 17.4 Å². The topological polar surface area (TPSA) is 90.3 Å². The van der Waals surface area contributed by atoms with Gasteiger partial charge in [0.1, 0.15) is 16.2 Å². The van der Waals surface area contributed by atoms with Crippen LogP contribution in [-0.4, -0.2) is 30.9 Å². The fourth-order valence-electron chi connectivity index (χ4n) is 1.71. The zero-order valence-electron chi connectivity index (χ0n) is 12.1. The summed E-state index contributed by atoms with van der Waals surface area (Å²) in [7, 11) is -0.941. The molecule has 0 saturated carbocycles. The molecule has 0 aliphatic heterocycles. The van der Waals surface area contributed by atoms with Gasteiger partial charge in [0.2, 0.25) is 5.03 Å². The van der Waals surface area contributed by atoms with Crippen LogP contribution in [0.25, 0.3) is 0 Å². The standard InChI is InChI=1S/C13H14BrN3O4S/c1-8-16-13(11(14)17(8)3)22(19,20)21-10-6-4-5-9(7-10)12(18)15-2/h4-7H,1-3H3,(H,15,18). The predicted octanol–water partition coefficient (Wildman–Crippen LogP) is 1.62. The molecular weight excluding hydrogens is 374 g/mol. The molecule has 0 radical (unpaired) electrons. The van der Waals surface area contributed by atoms with E-state index in [0.717, 1.165) is 0 Å². The molecule has 1 heterocycles. The Morgan fingerprint density at radius 1 is 1.41 bits per heavy atom. The summed E-state index contributed by atoms with van der Waals surface area (Å²) < 4.78 is 31.6. The maximum atomic E-state index is 12.3. The molecule has 1 aromatic heterocycles. The van der Waals surface area contributed by atoms with E-state index in [-0.39, 0.29) is 16.7 Å². The SMILES string of the molecule is CNC(=O)c1cccc(OS(=O)(=O)c2nc(C)n(C)c2Br)c1. The fourth-order valence-corrected chi connectivity index (χ4v) is 3.68. The molecule has 0 spiro atoms. The lowest BCUT2D eigenvalue weighted by Gasteiger charge is -2.07. The molecule has 9 heteroatoms. The van der Waals surface area contributed by atoms with Crippen LogP contribution < -0.4 is 9.50 Å². The Bertz CT molecular complexity index is 830. The zero-order valence-corrected chi connectivity index (χ0v) is 14.5. The van der Waals surface area contributed by atoms with Gasteiger partial charge in [0.25, 0.3) is 5.91 Å². The molecular formula is C13H14BrN3O4S. The Hall–Kier alpha value is -1.87. The van der Waals surface area contributed by atoms with Crippen molar-refractivity contribution in [2.45, 2.75) is 11.9 Å². The maximum Gasteiger partial charge on any atom is 0.359 e. The lowest BCUT2D eigenvalue weighted by Crippen LogP contribution is -2.18. The lowest BCUT2D eigenvalue weighted by molar-refractivity contribution is 0.0963. The zero-order chi connectivity index (χ0) is 16.5. The average molecular weight is 388 g/mol. The number of nitrogens with zero attached hydrogens (tertiary/aromatic N) is 2. The number of aromatic nitrogens is 2. The van der Waals surface area contributed by atoms with Crippen LogP contribution in [0.15, 0.2) is 33.9 Å². The van der Waals surface area contributed by atoms with Gasteiger partial charge in [-0.2, -0.15) is 8.42 Å². The number of rotatable bonds is 4. The van der Waals surface area contributed by atoms with Crippen LogP contribution in [0.5, 0.6) is 5.75 Å². The average Bonchev–Trinajstić information content (AvgIpc) is 2.74. The molecule has 0 saturated heterocycles. The van der Waals surface area contributed by atoms with Crippen molar-refractivity contribution in [3.8, 4) is 5.75 Å². The van der Waals surface area contributed by atoms with Gasteiger partial charge in [0.15, 0.2) is 0 Å². The summed E-state index contributed by atoms with van der Waals surface area (Å²) in [5.41, 5.74) is 0.298. The number of benzene rings is 1. The molecule has 118 valence electrons. The number of hydrogen-bond donors (Lipinski definition) is 1. The molecule has 22 heavy (non-hydrogen) atoms. The minimum Gasteiger partial charge on any atom is -0.378 e. The quantitative estimate of drug-likeness (QED) is 0.804. The maximum absolute atomic E-state index is 12.3. The highest BCUT2D eigenvalue weighted by Gasteiger charge is 2.26. The van der Waals surface area contributed by atoms with E-state index in [4.69, 9.17) is 4.18 Å². The number of hydrogen-bond acceptors (Lipinski definition) is 5. The molecule has 0 unspecified atom stereocenters. The summed E-state index contributed by atoms with van der Waals surface area (Å²) in [6.07, 6.45) is 0. The van der Waals surface area contributed by atoms with Crippen molar-refractivity contribution in [2.75, 3.05) is 7.05 Å². The van der Waals surface area contributed by atoms with E-state index < -0.39 is 10.1 Å². The Kier molecular flexibility index (Phi) is 4.57. The number of halogens is 1. The summed E-state index contributed by atoms with van der Waals surface area (Å²) in [6, 6.07) is 5.89. The summed E-state index contributed by atoms with van der Waals surface area (Å²) >= 11 is 3.18. The third-order valence-electron chi connectivity index (χ3n) is 2.99. The third kappa shape index (κ3) is 3.14. The third-order valence-corrected chi connectivity index (χ3v) is 5.33. The molecule has 0 fully saturated rings. The molecule has 2 rings (SSSR count). The van der Waals surface area contributed by atoms with Crippen molar-refractivity contribution in [2.24, 2.45) is 7.05 Å². The van der Waals surface area contributed by atoms with Crippen LogP contribution in [0.1, 0.15) is 16.2 Å². The van der Waals surface area contributed by atoms with Crippen molar-refractivity contribution in [1.82, 2.24) is 14.9 Å². The highest BCUT2D eigenvalue weighted by atomic mass is 79.9. The second kappa shape index (κ2) is 6.09. The van der Waals surface area contributed by atoms with Gasteiger partial charge in [-0.15, -0.1) is 0 Å². The van der Waals surface area contributed by atoms with E-state index in [1.54, 1.807) is 24.6 Å². The van der Waals surface area contributed by atoms with Gasteiger partial charge >= 0.3 is 10.1 Å². The van der Waals surface area contributed by atoms with Gasteiger partial charge in [0.05, 0.1) is 0 Å². The van der Waals surface area contributed by atoms with Crippen LogP contribution in [0.3, 0.4) is 0 Å². The van der Waals surface area contributed by atoms with Crippen LogP contribution in [0.4, 0.5) is 0 Å². The van der Waals surface area contributed by atoms with E-state index in [1.807, 2.05) is 0 Å². The van der Waals surface area contributed by atoms with Crippen LogP contribution in [0, 0.1) is 6.92 Å². The van der Waals surface area contributed by atoms with Gasteiger partial charge < -0.3 is 14.1 Å². The molecule has 0 bridgehead atoms. The minimum atomic E-state index is -4.11. The van der Waals surface area contributed by atoms with Crippen molar-refractivity contribution in [1.29, 1.82) is 0 Å². The Morgan fingerprint density at radius 2 is 2.09 bits per heavy atom.